The Kier molecular flexibility index (Phi) is 5.60. The smallest absolute Gasteiger partial charge is 0.0772 e. The maximum atomic E-state index is 3.69. The number of allylic oxidation sites excluding steroid dienone is 1. The van der Waals surface area contributed by atoms with Crippen molar-refractivity contribution in [1.82, 2.24) is 0 Å². The maximum Gasteiger partial charge on any atom is 0.0772 e. The Balaban J connectivity index is 2.78. The van der Waals surface area contributed by atoms with E-state index in [1.165, 1.54) is 5.56 Å². The van der Waals surface area contributed by atoms with Gasteiger partial charge in [-0.1, -0.05) is 74.4 Å². The molecule has 0 saturated heterocycles. The zero-order valence-corrected chi connectivity index (χ0v) is 15.4. The fourth-order valence-electron chi connectivity index (χ4n) is 2.62. The van der Waals surface area contributed by atoms with Crippen molar-refractivity contribution in [3.05, 3.63) is 52.5 Å². The van der Waals surface area contributed by atoms with Crippen LogP contribution in [0.3, 0.4) is 0 Å². The summed E-state index contributed by atoms with van der Waals surface area (Å²) in [7, 11) is -2.43. The van der Waals surface area contributed by atoms with Crippen molar-refractivity contribution in [3.63, 3.8) is 0 Å². The van der Waals surface area contributed by atoms with Crippen LogP contribution in [-0.4, -0.2) is 16.1 Å². The maximum absolute atomic E-state index is 3.69. The summed E-state index contributed by atoms with van der Waals surface area (Å²) in [5, 5.41) is 0. The van der Waals surface area contributed by atoms with Crippen LogP contribution < -0.4 is 0 Å². The second kappa shape index (κ2) is 6.56. The van der Waals surface area contributed by atoms with E-state index in [-0.39, 0.29) is 0 Å². The van der Waals surface area contributed by atoms with E-state index < -0.39 is 16.1 Å². The summed E-state index contributed by atoms with van der Waals surface area (Å²) in [6.45, 7) is 14.7. The third-order valence-corrected chi connectivity index (χ3v) is 11.0. The van der Waals surface area contributed by atoms with Crippen molar-refractivity contribution in [2.45, 2.75) is 52.1 Å². The molecule has 1 aromatic carbocycles. The normalized spacial score (nSPS) is 11.9. The van der Waals surface area contributed by atoms with Crippen LogP contribution in [0.5, 0.6) is 0 Å². The highest BCUT2D eigenvalue weighted by atomic mass is 28.4. The molecule has 0 N–H and O–H groups in total. The molecule has 2 heteroatoms. The van der Waals surface area contributed by atoms with Crippen LogP contribution in [0.1, 0.15) is 12.0 Å². The summed E-state index contributed by atoms with van der Waals surface area (Å²) in [5.41, 5.74) is 5.10. The highest BCUT2D eigenvalue weighted by Gasteiger charge is 2.30. The number of aryl methyl sites for hydroxylation is 1. The van der Waals surface area contributed by atoms with Crippen molar-refractivity contribution < 1.29 is 0 Å². The molecule has 104 valence electrons. The molecule has 0 unspecified atom stereocenters. The van der Waals surface area contributed by atoms with Crippen molar-refractivity contribution in [2.24, 2.45) is 0 Å². The van der Waals surface area contributed by atoms with Gasteiger partial charge in [-0.3, -0.25) is 0 Å². The van der Waals surface area contributed by atoms with Gasteiger partial charge in [-0.15, -0.1) is 5.73 Å². The predicted octanol–water partition coefficient (Wildman–Crippen LogP) is 5.46. The molecule has 0 spiro atoms. The lowest BCUT2D eigenvalue weighted by Crippen LogP contribution is -2.39. The molecule has 0 aliphatic carbocycles. The molecule has 0 amide bonds. The standard InChI is InChI=1S/C17H28Si2/c1-18(2,3)17(19(4,5)6)15-11-10-14-16-12-8-7-9-13-16/h7-9,11-13H,10,14H2,1-6H3. The van der Waals surface area contributed by atoms with E-state index in [0.29, 0.717) is 0 Å². The lowest BCUT2D eigenvalue weighted by atomic mass is 10.1. The largest absolute Gasteiger partial charge is 0.135 e. The van der Waals surface area contributed by atoms with Crippen molar-refractivity contribution in [1.29, 1.82) is 0 Å². The van der Waals surface area contributed by atoms with E-state index in [1.807, 2.05) is 0 Å². The Bertz CT molecular complexity index is 436. The molecule has 0 radical (unpaired) electrons. The minimum atomic E-state index is -1.22. The molecule has 0 aliphatic heterocycles. The fourth-order valence-corrected chi connectivity index (χ4v) is 12.7. The highest BCUT2D eigenvalue weighted by molar-refractivity contribution is 7.04. The van der Waals surface area contributed by atoms with Gasteiger partial charge in [0, 0.05) is 0 Å². The average molecular weight is 289 g/mol. The van der Waals surface area contributed by atoms with Gasteiger partial charge in [-0.2, -0.15) is 0 Å². The molecule has 0 nitrogen and oxygen atoms in total. The van der Waals surface area contributed by atoms with E-state index >= 15 is 0 Å². The summed E-state index contributed by atoms with van der Waals surface area (Å²) in [6, 6.07) is 10.7. The lowest BCUT2D eigenvalue weighted by molar-refractivity contribution is 1.00. The van der Waals surface area contributed by atoms with Gasteiger partial charge in [0.15, 0.2) is 0 Å². The second-order valence-corrected chi connectivity index (χ2v) is 17.7. The van der Waals surface area contributed by atoms with E-state index in [1.54, 1.807) is 4.82 Å². The molecule has 0 heterocycles. The molecule has 0 atom stereocenters. The van der Waals surface area contributed by atoms with Crippen LogP contribution >= 0.6 is 0 Å². The molecule has 0 aliphatic rings. The average Bonchev–Trinajstić information content (AvgIpc) is 2.26. The monoisotopic (exact) mass is 288 g/mol. The lowest BCUT2D eigenvalue weighted by Gasteiger charge is -2.29. The van der Waals surface area contributed by atoms with Crippen LogP contribution in [-0.2, 0) is 6.42 Å². The van der Waals surface area contributed by atoms with E-state index in [4.69, 9.17) is 0 Å². The molecule has 1 aromatic rings. The Morgan fingerprint density at radius 2 is 1.47 bits per heavy atom. The number of rotatable bonds is 5. The molecular weight excluding hydrogens is 260 g/mol. The molecule has 0 aromatic heterocycles. The quantitative estimate of drug-likeness (QED) is 0.499. The van der Waals surface area contributed by atoms with Gasteiger partial charge in [0.1, 0.15) is 0 Å². The molecule has 0 fully saturated rings. The van der Waals surface area contributed by atoms with Gasteiger partial charge in [0.25, 0.3) is 0 Å². The minimum absolute atomic E-state index is 1.10. The first-order chi connectivity index (χ1) is 8.71. The van der Waals surface area contributed by atoms with Crippen LogP contribution in [0, 0.1) is 0 Å². The summed E-state index contributed by atoms with van der Waals surface area (Å²) in [4.78, 5) is 1.67. The Labute approximate surface area is 121 Å². The highest BCUT2D eigenvalue weighted by Crippen LogP contribution is 2.24. The Hall–Kier alpha value is -0.826. The number of hydrogen-bond donors (Lipinski definition) is 0. The third-order valence-electron chi connectivity index (χ3n) is 3.17. The van der Waals surface area contributed by atoms with Crippen LogP contribution in [0.4, 0.5) is 0 Å². The van der Waals surface area contributed by atoms with E-state index in [9.17, 15) is 0 Å². The van der Waals surface area contributed by atoms with Crippen LogP contribution in [0.2, 0.25) is 39.3 Å². The number of benzene rings is 1. The zero-order chi connectivity index (χ0) is 14.5. The van der Waals surface area contributed by atoms with E-state index in [0.717, 1.165) is 12.8 Å². The van der Waals surface area contributed by atoms with Gasteiger partial charge >= 0.3 is 0 Å². The van der Waals surface area contributed by atoms with E-state index in [2.05, 4.69) is 81.4 Å². The first kappa shape index (κ1) is 16.2. The zero-order valence-electron chi connectivity index (χ0n) is 13.4. The van der Waals surface area contributed by atoms with Gasteiger partial charge in [0.2, 0.25) is 0 Å². The SMILES string of the molecule is C[Si](C)(C)C(=C=CCCc1ccccc1)[Si](C)(C)C. The first-order valence-corrected chi connectivity index (χ1v) is 14.2. The van der Waals surface area contributed by atoms with Gasteiger partial charge < -0.3 is 0 Å². The molecular formula is C17H28Si2. The summed E-state index contributed by atoms with van der Waals surface area (Å²) in [6.07, 6.45) is 4.50. The van der Waals surface area contributed by atoms with Crippen LogP contribution in [0.15, 0.2) is 47.0 Å². The molecule has 0 bridgehead atoms. The summed E-state index contributed by atoms with van der Waals surface area (Å²) >= 11 is 0. The van der Waals surface area contributed by atoms with Crippen molar-refractivity contribution in [3.8, 4) is 0 Å². The van der Waals surface area contributed by atoms with Gasteiger partial charge in [-0.25, -0.2) is 0 Å². The first-order valence-electron chi connectivity index (χ1n) is 7.21. The summed E-state index contributed by atoms with van der Waals surface area (Å²) < 4.78 is 0. The minimum Gasteiger partial charge on any atom is -0.135 e. The van der Waals surface area contributed by atoms with Gasteiger partial charge in [-0.05, 0) is 24.5 Å². The fraction of sp³-hybridized carbons (Fsp3) is 0.471. The van der Waals surface area contributed by atoms with Crippen molar-refractivity contribution >= 4 is 16.1 Å². The predicted molar refractivity (Wildman–Crippen MR) is 93.1 cm³/mol. The molecule has 0 saturated carbocycles. The summed E-state index contributed by atoms with van der Waals surface area (Å²) in [5.74, 6) is 0. The second-order valence-electron chi connectivity index (χ2n) is 7.25. The Morgan fingerprint density at radius 3 is 1.95 bits per heavy atom. The van der Waals surface area contributed by atoms with Gasteiger partial charge in [0.05, 0.1) is 16.1 Å². The Morgan fingerprint density at radius 1 is 0.947 bits per heavy atom. The van der Waals surface area contributed by atoms with Crippen molar-refractivity contribution in [2.75, 3.05) is 0 Å². The molecule has 1 rings (SSSR count). The third kappa shape index (κ3) is 5.77. The number of hydrogen-bond acceptors (Lipinski definition) is 0. The topological polar surface area (TPSA) is 0 Å². The van der Waals surface area contributed by atoms with Crippen LogP contribution in [0.25, 0.3) is 0 Å². The molecule has 19 heavy (non-hydrogen) atoms.